The number of ether oxygens (including phenoxy) is 1. The quantitative estimate of drug-likeness (QED) is 0.203. The number of nitrogens with one attached hydrogen (secondary N) is 2. The van der Waals surface area contributed by atoms with Gasteiger partial charge in [-0.05, 0) is 42.9 Å². The molecule has 1 amide bonds. The molecule has 0 bridgehead atoms. The van der Waals surface area contributed by atoms with Gasteiger partial charge in [-0.3, -0.25) is 14.7 Å². The standard InChI is InChI=1S/C29H38N4O4/c1-3-4-5-6-10-17-37-28(36)29(2,21-34)19-25(31-27(35)26-20-30-33-32-26)18-22-13-15-24(16-14-22)23-11-8-7-9-12-23/h7-9,11-16,20,25,34H,3-6,10,17-19,21H2,1-2H3,(H,31,35)(H,30,32,33)/t25-,29?/m1/s1. The fourth-order valence-corrected chi connectivity index (χ4v) is 4.30. The van der Waals surface area contributed by atoms with Crippen molar-refractivity contribution in [3.63, 3.8) is 0 Å². The molecule has 0 aliphatic rings. The molecular formula is C29H38N4O4. The number of esters is 1. The summed E-state index contributed by atoms with van der Waals surface area (Å²) in [5.41, 5.74) is 2.21. The van der Waals surface area contributed by atoms with Crippen LogP contribution in [0.5, 0.6) is 0 Å². The van der Waals surface area contributed by atoms with E-state index in [4.69, 9.17) is 4.74 Å². The Hall–Kier alpha value is -3.52. The monoisotopic (exact) mass is 506 g/mol. The van der Waals surface area contributed by atoms with Crippen molar-refractivity contribution in [2.24, 2.45) is 5.41 Å². The SMILES string of the molecule is CCCCCCCOC(=O)C(C)(CO)C[C@@H](Cc1ccc(-c2ccccc2)cc1)NC(=O)c1c[nH]nn1. The average Bonchev–Trinajstić information content (AvgIpc) is 3.47. The van der Waals surface area contributed by atoms with Gasteiger partial charge in [-0.2, -0.15) is 0 Å². The minimum Gasteiger partial charge on any atom is -0.465 e. The Morgan fingerprint density at radius 3 is 2.38 bits per heavy atom. The predicted octanol–water partition coefficient (Wildman–Crippen LogP) is 4.72. The first kappa shape index (κ1) is 28.1. The van der Waals surface area contributed by atoms with Gasteiger partial charge in [0.25, 0.3) is 5.91 Å². The van der Waals surface area contributed by atoms with Crippen molar-refractivity contribution in [3.8, 4) is 11.1 Å². The third-order valence-electron chi connectivity index (χ3n) is 6.55. The normalized spacial score (nSPS) is 13.5. The minimum absolute atomic E-state index is 0.157. The van der Waals surface area contributed by atoms with Gasteiger partial charge in [0.15, 0.2) is 5.69 Å². The zero-order valence-electron chi connectivity index (χ0n) is 21.8. The Balaban J connectivity index is 1.69. The summed E-state index contributed by atoms with van der Waals surface area (Å²) in [5, 5.41) is 23.1. The highest BCUT2D eigenvalue weighted by Gasteiger charge is 2.37. The van der Waals surface area contributed by atoms with E-state index in [2.05, 4.69) is 39.8 Å². The van der Waals surface area contributed by atoms with E-state index in [-0.39, 0.29) is 18.7 Å². The van der Waals surface area contributed by atoms with E-state index in [1.807, 2.05) is 42.5 Å². The third kappa shape index (κ3) is 8.53. The van der Waals surface area contributed by atoms with Crippen LogP contribution in [0, 0.1) is 5.41 Å². The molecule has 3 rings (SSSR count). The second kappa shape index (κ2) is 14.3. The lowest BCUT2D eigenvalue weighted by molar-refractivity contribution is -0.158. The summed E-state index contributed by atoms with van der Waals surface area (Å²) in [4.78, 5) is 25.7. The van der Waals surface area contributed by atoms with Crippen molar-refractivity contribution < 1.29 is 19.4 Å². The maximum Gasteiger partial charge on any atom is 0.314 e. The molecule has 37 heavy (non-hydrogen) atoms. The highest BCUT2D eigenvalue weighted by Crippen LogP contribution is 2.27. The van der Waals surface area contributed by atoms with E-state index in [1.165, 1.54) is 12.6 Å². The molecule has 198 valence electrons. The maximum atomic E-state index is 13.0. The van der Waals surface area contributed by atoms with Crippen LogP contribution in [-0.4, -0.2) is 51.6 Å². The minimum atomic E-state index is -1.16. The molecule has 0 fully saturated rings. The lowest BCUT2D eigenvalue weighted by Crippen LogP contribution is -2.44. The van der Waals surface area contributed by atoms with Crippen LogP contribution in [-0.2, 0) is 16.0 Å². The summed E-state index contributed by atoms with van der Waals surface area (Å²) in [7, 11) is 0. The lowest BCUT2D eigenvalue weighted by atomic mass is 9.82. The summed E-state index contributed by atoms with van der Waals surface area (Å²) in [6, 6.07) is 17.8. The highest BCUT2D eigenvalue weighted by atomic mass is 16.5. The van der Waals surface area contributed by atoms with Crippen molar-refractivity contribution in [1.29, 1.82) is 0 Å². The topological polar surface area (TPSA) is 117 Å². The van der Waals surface area contributed by atoms with Crippen LogP contribution in [0.1, 0.15) is 68.4 Å². The summed E-state index contributed by atoms with van der Waals surface area (Å²) in [6.07, 6.45) is 7.34. The molecule has 2 atom stereocenters. The van der Waals surface area contributed by atoms with Crippen LogP contribution < -0.4 is 5.32 Å². The number of aliphatic hydroxyl groups excluding tert-OH is 1. The van der Waals surface area contributed by atoms with Crippen molar-refractivity contribution >= 4 is 11.9 Å². The third-order valence-corrected chi connectivity index (χ3v) is 6.55. The summed E-state index contributed by atoms with van der Waals surface area (Å²) < 4.78 is 5.53. The van der Waals surface area contributed by atoms with Crippen molar-refractivity contribution in [1.82, 2.24) is 20.7 Å². The molecule has 3 N–H and O–H groups in total. The van der Waals surface area contributed by atoms with Crippen LogP contribution in [0.2, 0.25) is 0 Å². The van der Waals surface area contributed by atoms with Gasteiger partial charge in [-0.15, -0.1) is 5.10 Å². The fourth-order valence-electron chi connectivity index (χ4n) is 4.30. The molecule has 0 aliphatic carbocycles. The maximum absolute atomic E-state index is 13.0. The van der Waals surface area contributed by atoms with Gasteiger partial charge >= 0.3 is 5.97 Å². The summed E-state index contributed by atoms with van der Waals surface area (Å²) in [6.45, 7) is 3.78. The van der Waals surface area contributed by atoms with Crippen molar-refractivity contribution in [3.05, 3.63) is 72.1 Å². The Morgan fingerprint density at radius 1 is 1.03 bits per heavy atom. The summed E-state index contributed by atoms with van der Waals surface area (Å²) >= 11 is 0. The van der Waals surface area contributed by atoms with E-state index < -0.39 is 23.3 Å². The lowest BCUT2D eigenvalue weighted by Gasteiger charge is -2.30. The molecule has 0 spiro atoms. The van der Waals surface area contributed by atoms with E-state index >= 15 is 0 Å². The zero-order chi connectivity index (χ0) is 26.5. The Morgan fingerprint density at radius 2 is 1.73 bits per heavy atom. The first-order valence-electron chi connectivity index (χ1n) is 13.0. The van der Waals surface area contributed by atoms with Gasteiger partial charge in [0, 0.05) is 6.04 Å². The average molecular weight is 507 g/mol. The number of nitrogens with zero attached hydrogens (tertiary/aromatic N) is 2. The van der Waals surface area contributed by atoms with Gasteiger partial charge in [-0.1, -0.05) is 92.4 Å². The number of aromatic nitrogens is 3. The van der Waals surface area contributed by atoms with E-state index in [9.17, 15) is 14.7 Å². The number of hydrogen-bond acceptors (Lipinski definition) is 6. The number of carbonyl (C=O) groups excluding carboxylic acids is 2. The number of H-pyrrole nitrogens is 1. The zero-order valence-corrected chi connectivity index (χ0v) is 21.8. The number of unbranched alkanes of at least 4 members (excludes halogenated alkanes) is 4. The number of aliphatic hydroxyl groups is 1. The second-order valence-corrected chi connectivity index (χ2v) is 9.77. The molecule has 3 aromatic rings. The number of benzene rings is 2. The van der Waals surface area contributed by atoms with Crippen molar-refractivity contribution in [2.45, 2.75) is 64.8 Å². The molecule has 1 unspecified atom stereocenters. The van der Waals surface area contributed by atoms with Crippen LogP contribution in [0.3, 0.4) is 0 Å². The number of carbonyl (C=O) groups is 2. The molecule has 1 aromatic heterocycles. The van der Waals surface area contributed by atoms with E-state index in [0.29, 0.717) is 13.0 Å². The Labute approximate surface area is 218 Å². The van der Waals surface area contributed by atoms with E-state index in [0.717, 1.165) is 42.4 Å². The van der Waals surface area contributed by atoms with Gasteiger partial charge in [0.2, 0.25) is 0 Å². The second-order valence-electron chi connectivity index (χ2n) is 9.77. The smallest absolute Gasteiger partial charge is 0.314 e. The first-order chi connectivity index (χ1) is 17.9. The van der Waals surface area contributed by atoms with Gasteiger partial charge in [-0.25, -0.2) is 0 Å². The molecule has 8 nitrogen and oxygen atoms in total. The van der Waals surface area contributed by atoms with Crippen LogP contribution in [0.4, 0.5) is 0 Å². The Kier molecular flexibility index (Phi) is 10.8. The fraction of sp³-hybridized carbons (Fsp3) is 0.448. The molecule has 0 radical (unpaired) electrons. The molecule has 0 saturated carbocycles. The van der Waals surface area contributed by atoms with Crippen LogP contribution in [0.15, 0.2) is 60.8 Å². The highest BCUT2D eigenvalue weighted by molar-refractivity contribution is 5.92. The number of aromatic amines is 1. The van der Waals surface area contributed by atoms with Crippen LogP contribution >= 0.6 is 0 Å². The number of amides is 1. The molecule has 0 aliphatic heterocycles. The molecule has 1 heterocycles. The summed E-state index contributed by atoms with van der Waals surface area (Å²) in [5.74, 6) is -0.852. The molecule has 2 aromatic carbocycles. The van der Waals surface area contributed by atoms with Crippen molar-refractivity contribution in [2.75, 3.05) is 13.2 Å². The first-order valence-corrected chi connectivity index (χ1v) is 13.0. The predicted molar refractivity (Wildman–Crippen MR) is 143 cm³/mol. The van der Waals surface area contributed by atoms with Gasteiger partial charge in [0.05, 0.1) is 24.8 Å². The van der Waals surface area contributed by atoms with E-state index in [1.54, 1.807) is 6.92 Å². The largest absolute Gasteiger partial charge is 0.465 e. The van der Waals surface area contributed by atoms with Gasteiger partial charge < -0.3 is 15.2 Å². The molecular weight excluding hydrogens is 468 g/mol. The Bertz CT molecular complexity index is 1090. The van der Waals surface area contributed by atoms with Crippen LogP contribution in [0.25, 0.3) is 11.1 Å². The molecule has 8 heteroatoms. The number of rotatable bonds is 15. The van der Waals surface area contributed by atoms with Gasteiger partial charge in [0.1, 0.15) is 0 Å². The molecule has 0 saturated heterocycles. The number of hydrogen-bond donors (Lipinski definition) is 3.